The quantitative estimate of drug-likeness (QED) is 0.811. The van der Waals surface area contributed by atoms with E-state index in [9.17, 15) is 0 Å². The predicted molar refractivity (Wildman–Crippen MR) is 73.5 cm³/mol. The average molecular weight is 244 g/mol. The van der Waals surface area contributed by atoms with E-state index in [1.165, 1.54) is 32.1 Å². The lowest BCUT2D eigenvalue weighted by atomic mass is 9.83. The Morgan fingerprint density at radius 1 is 1.06 bits per heavy atom. The molecule has 1 saturated carbocycles. The highest BCUT2D eigenvalue weighted by atomic mass is 16.6. The second kappa shape index (κ2) is 5.01. The summed E-state index contributed by atoms with van der Waals surface area (Å²) in [7, 11) is 0. The van der Waals surface area contributed by atoms with Gasteiger partial charge in [-0.3, -0.25) is 0 Å². The molecule has 1 aliphatic heterocycles. The summed E-state index contributed by atoms with van der Waals surface area (Å²) < 4.78 is 0. The van der Waals surface area contributed by atoms with Gasteiger partial charge in [0.1, 0.15) is 6.10 Å². The molecule has 0 bridgehead atoms. The van der Waals surface area contributed by atoms with Gasteiger partial charge in [0.25, 0.3) is 0 Å². The summed E-state index contributed by atoms with van der Waals surface area (Å²) in [6, 6.07) is 7.90. The maximum Gasteiger partial charge on any atom is 0.136 e. The second-order valence-electron chi connectivity index (χ2n) is 5.41. The summed E-state index contributed by atoms with van der Waals surface area (Å²) in [5.74, 6) is 0.703. The third kappa shape index (κ3) is 2.35. The molecule has 1 heterocycles. The van der Waals surface area contributed by atoms with Crippen molar-refractivity contribution in [2.45, 2.75) is 44.6 Å². The zero-order valence-electron chi connectivity index (χ0n) is 10.6. The SMILES string of the molecule is Nc1ccc(C2=NOC(C3CCCCC3)C2)cc1. The molecule has 18 heavy (non-hydrogen) atoms. The number of oxime groups is 1. The molecular formula is C15H20N2O. The van der Waals surface area contributed by atoms with Crippen LogP contribution in [0.15, 0.2) is 29.4 Å². The average Bonchev–Trinajstić information content (AvgIpc) is 2.90. The Balaban J connectivity index is 1.65. The van der Waals surface area contributed by atoms with Crippen LogP contribution in [0.5, 0.6) is 0 Å². The molecule has 3 heteroatoms. The summed E-state index contributed by atoms with van der Waals surface area (Å²) >= 11 is 0. The van der Waals surface area contributed by atoms with E-state index in [2.05, 4.69) is 5.16 Å². The Hall–Kier alpha value is -1.51. The molecule has 1 aromatic rings. The third-order valence-corrected chi connectivity index (χ3v) is 4.11. The van der Waals surface area contributed by atoms with Gasteiger partial charge < -0.3 is 10.6 Å². The van der Waals surface area contributed by atoms with Crippen LogP contribution in [0.3, 0.4) is 0 Å². The lowest BCUT2D eigenvalue weighted by Crippen LogP contribution is -2.23. The van der Waals surface area contributed by atoms with Crippen LogP contribution in [-0.4, -0.2) is 11.8 Å². The topological polar surface area (TPSA) is 47.6 Å². The van der Waals surface area contributed by atoms with Crippen LogP contribution in [-0.2, 0) is 4.84 Å². The minimum absolute atomic E-state index is 0.304. The van der Waals surface area contributed by atoms with Gasteiger partial charge in [-0.05, 0) is 36.5 Å². The number of nitrogens with two attached hydrogens (primary N) is 1. The van der Waals surface area contributed by atoms with Gasteiger partial charge in [0.2, 0.25) is 0 Å². The first-order chi connectivity index (χ1) is 8.83. The van der Waals surface area contributed by atoms with E-state index in [1.807, 2.05) is 24.3 Å². The van der Waals surface area contributed by atoms with E-state index in [1.54, 1.807) is 0 Å². The van der Waals surface area contributed by atoms with E-state index in [-0.39, 0.29) is 0 Å². The van der Waals surface area contributed by atoms with E-state index in [0.29, 0.717) is 12.0 Å². The Morgan fingerprint density at radius 3 is 2.50 bits per heavy atom. The molecular weight excluding hydrogens is 224 g/mol. The molecule has 3 rings (SSSR count). The lowest BCUT2D eigenvalue weighted by Gasteiger charge is -2.25. The molecule has 2 N–H and O–H groups in total. The molecule has 2 aliphatic rings. The standard InChI is InChI=1S/C15H20N2O/c16-13-8-6-11(7-9-13)14-10-15(18-17-14)12-4-2-1-3-5-12/h6-9,12,15H,1-5,10,16H2. The summed E-state index contributed by atoms with van der Waals surface area (Å²) in [6.07, 6.45) is 7.94. The van der Waals surface area contributed by atoms with Crippen molar-refractivity contribution in [1.82, 2.24) is 0 Å². The Bertz CT molecular complexity index is 432. The van der Waals surface area contributed by atoms with E-state index in [4.69, 9.17) is 10.6 Å². The maximum atomic E-state index is 5.70. The fourth-order valence-electron chi connectivity index (χ4n) is 3.00. The lowest BCUT2D eigenvalue weighted by molar-refractivity contribution is 0.0268. The zero-order chi connectivity index (χ0) is 12.4. The molecule has 1 aromatic carbocycles. The zero-order valence-corrected chi connectivity index (χ0v) is 10.6. The van der Waals surface area contributed by atoms with Crippen LogP contribution in [0.1, 0.15) is 44.1 Å². The molecule has 1 atom stereocenters. The molecule has 96 valence electrons. The van der Waals surface area contributed by atoms with Gasteiger partial charge in [-0.1, -0.05) is 36.6 Å². The molecule has 1 aliphatic carbocycles. The van der Waals surface area contributed by atoms with Crippen molar-refractivity contribution in [2.75, 3.05) is 5.73 Å². The molecule has 0 amide bonds. The van der Waals surface area contributed by atoms with Crippen molar-refractivity contribution in [3.8, 4) is 0 Å². The number of hydrogen-bond donors (Lipinski definition) is 1. The first-order valence-electron chi connectivity index (χ1n) is 6.91. The molecule has 1 fully saturated rings. The van der Waals surface area contributed by atoms with E-state index in [0.717, 1.165) is 23.4 Å². The number of rotatable bonds is 2. The Kier molecular flexibility index (Phi) is 3.22. The van der Waals surface area contributed by atoms with Crippen LogP contribution in [0.4, 0.5) is 5.69 Å². The van der Waals surface area contributed by atoms with Gasteiger partial charge >= 0.3 is 0 Å². The van der Waals surface area contributed by atoms with Crippen molar-refractivity contribution in [3.63, 3.8) is 0 Å². The number of nitrogen functional groups attached to an aromatic ring is 1. The number of nitrogens with zero attached hydrogens (tertiary/aromatic N) is 1. The van der Waals surface area contributed by atoms with Crippen molar-refractivity contribution in [1.29, 1.82) is 0 Å². The first kappa shape index (κ1) is 11.6. The summed E-state index contributed by atoms with van der Waals surface area (Å²) in [5, 5.41) is 4.27. The maximum absolute atomic E-state index is 5.70. The van der Waals surface area contributed by atoms with Crippen molar-refractivity contribution >= 4 is 11.4 Å². The Morgan fingerprint density at radius 2 is 1.78 bits per heavy atom. The highest BCUT2D eigenvalue weighted by molar-refractivity contribution is 6.01. The van der Waals surface area contributed by atoms with Gasteiger partial charge in [0.05, 0.1) is 5.71 Å². The van der Waals surface area contributed by atoms with Crippen LogP contribution in [0.25, 0.3) is 0 Å². The number of anilines is 1. The summed E-state index contributed by atoms with van der Waals surface area (Å²) in [6.45, 7) is 0. The fourth-order valence-corrected chi connectivity index (χ4v) is 3.00. The van der Waals surface area contributed by atoms with Gasteiger partial charge in [0.15, 0.2) is 0 Å². The van der Waals surface area contributed by atoms with Crippen LogP contribution in [0, 0.1) is 5.92 Å². The van der Waals surface area contributed by atoms with Gasteiger partial charge in [-0.2, -0.15) is 0 Å². The van der Waals surface area contributed by atoms with Crippen LogP contribution in [0.2, 0.25) is 0 Å². The molecule has 1 unspecified atom stereocenters. The molecule has 0 saturated heterocycles. The van der Waals surface area contributed by atoms with Crippen molar-refractivity contribution in [3.05, 3.63) is 29.8 Å². The smallest absolute Gasteiger partial charge is 0.136 e. The first-order valence-corrected chi connectivity index (χ1v) is 6.91. The van der Waals surface area contributed by atoms with E-state index >= 15 is 0 Å². The highest BCUT2D eigenvalue weighted by Crippen LogP contribution is 2.32. The minimum atomic E-state index is 0.304. The highest BCUT2D eigenvalue weighted by Gasteiger charge is 2.30. The third-order valence-electron chi connectivity index (χ3n) is 4.11. The van der Waals surface area contributed by atoms with Crippen LogP contribution >= 0.6 is 0 Å². The molecule has 0 spiro atoms. The summed E-state index contributed by atoms with van der Waals surface area (Å²) in [5.41, 5.74) is 8.71. The van der Waals surface area contributed by atoms with Gasteiger partial charge in [-0.15, -0.1) is 0 Å². The van der Waals surface area contributed by atoms with Gasteiger partial charge in [0, 0.05) is 12.1 Å². The van der Waals surface area contributed by atoms with Crippen LogP contribution < -0.4 is 5.73 Å². The normalized spacial score (nSPS) is 24.7. The number of hydrogen-bond acceptors (Lipinski definition) is 3. The Labute approximate surface area is 108 Å². The van der Waals surface area contributed by atoms with Gasteiger partial charge in [-0.25, -0.2) is 0 Å². The second-order valence-corrected chi connectivity index (χ2v) is 5.41. The fraction of sp³-hybridized carbons (Fsp3) is 0.533. The number of benzene rings is 1. The molecule has 0 radical (unpaired) electrons. The molecule has 3 nitrogen and oxygen atoms in total. The predicted octanol–water partition coefficient (Wildman–Crippen LogP) is 3.34. The van der Waals surface area contributed by atoms with E-state index < -0.39 is 0 Å². The van der Waals surface area contributed by atoms with Crippen molar-refractivity contribution < 1.29 is 4.84 Å². The molecule has 0 aromatic heterocycles. The largest absolute Gasteiger partial charge is 0.399 e. The monoisotopic (exact) mass is 244 g/mol. The van der Waals surface area contributed by atoms with Crippen molar-refractivity contribution in [2.24, 2.45) is 11.1 Å². The minimum Gasteiger partial charge on any atom is -0.399 e. The summed E-state index contributed by atoms with van der Waals surface area (Å²) in [4.78, 5) is 5.65.